The lowest BCUT2D eigenvalue weighted by atomic mass is 10.1. The Labute approximate surface area is 142 Å². The van der Waals surface area contributed by atoms with Gasteiger partial charge in [0, 0.05) is 11.1 Å². The number of aromatic nitrogens is 2. The molecule has 25 heavy (non-hydrogen) atoms. The third-order valence-corrected chi connectivity index (χ3v) is 3.54. The molecule has 3 aromatic rings. The molecule has 1 N–H and O–H groups in total. The summed E-state index contributed by atoms with van der Waals surface area (Å²) < 4.78 is 18.1. The Kier molecular flexibility index (Phi) is 4.53. The van der Waals surface area contributed by atoms with Gasteiger partial charge in [-0.15, -0.1) is 0 Å². The summed E-state index contributed by atoms with van der Waals surface area (Å²) >= 11 is 0. The van der Waals surface area contributed by atoms with Crippen LogP contribution in [-0.4, -0.2) is 16.0 Å². The highest BCUT2D eigenvalue weighted by molar-refractivity contribution is 5.94. The average molecular weight is 336 g/mol. The van der Waals surface area contributed by atoms with Gasteiger partial charge in [0.1, 0.15) is 11.9 Å². The van der Waals surface area contributed by atoms with Gasteiger partial charge in [0.05, 0.1) is 11.6 Å². The number of benzene rings is 2. The normalized spacial score (nSPS) is 11.6. The molecule has 0 radical (unpaired) electrons. The Bertz CT molecular complexity index is 927. The van der Waals surface area contributed by atoms with E-state index >= 15 is 0 Å². The zero-order valence-electron chi connectivity index (χ0n) is 13.2. The van der Waals surface area contributed by atoms with E-state index in [0.717, 1.165) is 0 Å². The lowest BCUT2D eigenvalue weighted by molar-refractivity contribution is 0.0932. The van der Waals surface area contributed by atoms with Gasteiger partial charge in [-0.05, 0) is 55.5 Å². The smallest absolute Gasteiger partial charge is 0.251 e. The minimum absolute atomic E-state index is 0.237. The summed E-state index contributed by atoms with van der Waals surface area (Å²) in [6, 6.07) is 13.5. The number of hydrogen-bond donors (Lipinski definition) is 1. The van der Waals surface area contributed by atoms with Crippen LogP contribution >= 0.6 is 0 Å². The maximum atomic E-state index is 13.0. The Morgan fingerprint density at radius 2 is 1.88 bits per heavy atom. The molecule has 1 heterocycles. The molecule has 0 saturated carbocycles. The quantitative estimate of drug-likeness (QED) is 0.789. The summed E-state index contributed by atoms with van der Waals surface area (Å²) in [6.45, 7) is 1.71. The molecule has 0 aliphatic heterocycles. The van der Waals surface area contributed by atoms with Crippen LogP contribution in [0.3, 0.4) is 0 Å². The molecule has 7 heteroatoms. The van der Waals surface area contributed by atoms with E-state index in [9.17, 15) is 9.18 Å². The molecule has 0 unspecified atom stereocenters. The number of halogens is 1. The summed E-state index contributed by atoms with van der Waals surface area (Å²) in [7, 11) is 0. The third-order valence-electron chi connectivity index (χ3n) is 3.54. The topological polar surface area (TPSA) is 91.8 Å². The van der Waals surface area contributed by atoms with Crippen molar-refractivity contribution in [1.29, 1.82) is 5.26 Å². The molecule has 2 aromatic carbocycles. The third kappa shape index (κ3) is 3.70. The first kappa shape index (κ1) is 16.3. The Hall–Kier alpha value is -3.53. The van der Waals surface area contributed by atoms with Crippen LogP contribution in [0.4, 0.5) is 4.39 Å². The number of amides is 1. The molecule has 124 valence electrons. The van der Waals surface area contributed by atoms with E-state index in [4.69, 9.17) is 9.78 Å². The molecule has 0 saturated heterocycles. The molecule has 0 bridgehead atoms. The van der Waals surface area contributed by atoms with E-state index in [1.54, 1.807) is 43.3 Å². The molecule has 1 amide bonds. The second kappa shape index (κ2) is 6.93. The van der Waals surface area contributed by atoms with Crippen LogP contribution < -0.4 is 5.32 Å². The second-order valence-electron chi connectivity index (χ2n) is 5.35. The number of carbonyl (C=O) groups excluding carboxylic acids is 1. The predicted octanol–water partition coefficient (Wildman–Crippen LogP) is 3.24. The van der Waals surface area contributed by atoms with Crippen molar-refractivity contribution >= 4 is 5.91 Å². The van der Waals surface area contributed by atoms with Crippen LogP contribution in [0.25, 0.3) is 11.4 Å². The minimum atomic E-state index is -0.509. The van der Waals surface area contributed by atoms with Crippen LogP contribution in [0.2, 0.25) is 0 Å². The highest BCUT2D eigenvalue weighted by Crippen LogP contribution is 2.19. The first-order valence-corrected chi connectivity index (χ1v) is 7.47. The van der Waals surface area contributed by atoms with Crippen LogP contribution in [0.5, 0.6) is 0 Å². The number of rotatable bonds is 4. The average Bonchev–Trinajstić information content (AvgIpc) is 3.12. The largest absolute Gasteiger partial charge is 0.341 e. The molecule has 0 aliphatic rings. The number of nitrogens with zero attached hydrogens (tertiary/aromatic N) is 3. The molecule has 1 aromatic heterocycles. The standard InChI is InChI=1S/C18H13FN4O2/c1-11(21-17(24)14-4-2-12(10-20)3-5-14)18-22-16(23-25-18)13-6-8-15(19)9-7-13/h2-9,11H,1H3,(H,21,24)/t11-/m0/s1. The van der Waals surface area contributed by atoms with Crippen molar-refractivity contribution in [2.75, 3.05) is 0 Å². The van der Waals surface area contributed by atoms with Crippen molar-refractivity contribution in [3.63, 3.8) is 0 Å². The molecule has 3 rings (SSSR count). The van der Waals surface area contributed by atoms with Crippen LogP contribution in [0.1, 0.15) is 34.8 Å². The molecule has 6 nitrogen and oxygen atoms in total. The van der Waals surface area contributed by atoms with Gasteiger partial charge in [-0.25, -0.2) is 4.39 Å². The molecule has 1 atom stereocenters. The molecule has 0 spiro atoms. The van der Waals surface area contributed by atoms with Gasteiger partial charge in [0.25, 0.3) is 5.91 Å². The van der Waals surface area contributed by atoms with Crippen molar-refractivity contribution in [3.8, 4) is 17.5 Å². The van der Waals surface area contributed by atoms with E-state index in [1.165, 1.54) is 12.1 Å². The minimum Gasteiger partial charge on any atom is -0.341 e. The SMILES string of the molecule is C[C@H](NC(=O)c1ccc(C#N)cc1)c1nc(-c2ccc(F)cc2)no1. The summed E-state index contributed by atoms with van der Waals surface area (Å²) in [5, 5.41) is 15.4. The Morgan fingerprint density at radius 3 is 2.52 bits per heavy atom. The summed E-state index contributed by atoms with van der Waals surface area (Å²) in [4.78, 5) is 16.4. The zero-order chi connectivity index (χ0) is 17.8. The number of carbonyl (C=O) groups is 1. The molecule has 0 fully saturated rings. The fraction of sp³-hybridized carbons (Fsp3) is 0.111. The van der Waals surface area contributed by atoms with Gasteiger partial charge in [-0.1, -0.05) is 5.16 Å². The summed E-state index contributed by atoms with van der Waals surface area (Å²) in [5.41, 5.74) is 1.51. The van der Waals surface area contributed by atoms with Crippen LogP contribution in [0, 0.1) is 17.1 Å². The molecular formula is C18H13FN4O2. The van der Waals surface area contributed by atoms with E-state index in [-0.39, 0.29) is 17.6 Å². The van der Waals surface area contributed by atoms with Crippen molar-refractivity contribution in [2.24, 2.45) is 0 Å². The second-order valence-corrected chi connectivity index (χ2v) is 5.35. The van der Waals surface area contributed by atoms with E-state index in [0.29, 0.717) is 22.5 Å². The highest BCUT2D eigenvalue weighted by Gasteiger charge is 2.18. The maximum Gasteiger partial charge on any atom is 0.251 e. The number of nitrogens with one attached hydrogen (secondary N) is 1. The van der Waals surface area contributed by atoms with E-state index < -0.39 is 6.04 Å². The lowest BCUT2D eigenvalue weighted by Gasteiger charge is -2.09. The van der Waals surface area contributed by atoms with Crippen molar-refractivity contribution < 1.29 is 13.7 Å². The Morgan fingerprint density at radius 1 is 1.20 bits per heavy atom. The van der Waals surface area contributed by atoms with Crippen molar-refractivity contribution in [2.45, 2.75) is 13.0 Å². The van der Waals surface area contributed by atoms with Crippen LogP contribution in [0.15, 0.2) is 53.1 Å². The zero-order valence-corrected chi connectivity index (χ0v) is 13.2. The van der Waals surface area contributed by atoms with E-state index in [2.05, 4.69) is 15.5 Å². The van der Waals surface area contributed by atoms with E-state index in [1.807, 2.05) is 6.07 Å². The highest BCUT2D eigenvalue weighted by atomic mass is 19.1. The van der Waals surface area contributed by atoms with Gasteiger partial charge >= 0.3 is 0 Å². The van der Waals surface area contributed by atoms with Gasteiger partial charge < -0.3 is 9.84 Å². The van der Waals surface area contributed by atoms with Gasteiger partial charge in [-0.3, -0.25) is 4.79 Å². The van der Waals surface area contributed by atoms with Gasteiger partial charge in [0.15, 0.2) is 0 Å². The fourth-order valence-corrected chi connectivity index (χ4v) is 2.17. The fourth-order valence-electron chi connectivity index (χ4n) is 2.17. The predicted molar refractivity (Wildman–Crippen MR) is 86.7 cm³/mol. The maximum absolute atomic E-state index is 13.0. The van der Waals surface area contributed by atoms with Gasteiger partial charge in [-0.2, -0.15) is 10.2 Å². The van der Waals surface area contributed by atoms with Crippen molar-refractivity contribution in [1.82, 2.24) is 15.5 Å². The lowest BCUT2D eigenvalue weighted by Crippen LogP contribution is -2.26. The Balaban J connectivity index is 1.70. The van der Waals surface area contributed by atoms with Gasteiger partial charge in [0.2, 0.25) is 11.7 Å². The number of hydrogen-bond acceptors (Lipinski definition) is 5. The molecular weight excluding hydrogens is 323 g/mol. The monoisotopic (exact) mass is 336 g/mol. The first-order valence-electron chi connectivity index (χ1n) is 7.47. The summed E-state index contributed by atoms with van der Waals surface area (Å²) in [6.07, 6.45) is 0. The summed E-state index contributed by atoms with van der Waals surface area (Å²) in [5.74, 6) is -0.121. The van der Waals surface area contributed by atoms with Crippen molar-refractivity contribution in [3.05, 3.63) is 71.4 Å². The van der Waals surface area contributed by atoms with Crippen LogP contribution in [-0.2, 0) is 0 Å². The number of nitriles is 1. The first-order chi connectivity index (χ1) is 12.1. The molecule has 0 aliphatic carbocycles.